The van der Waals surface area contributed by atoms with Crippen molar-refractivity contribution in [2.45, 2.75) is 0 Å². The lowest BCUT2D eigenvalue weighted by Gasteiger charge is -2.04. The third kappa shape index (κ3) is 3.28. The van der Waals surface area contributed by atoms with E-state index in [4.69, 9.17) is 4.74 Å². The molecule has 0 atom stereocenters. The molecule has 0 radical (unpaired) electrons. The van der Waals surface area contributed by atoms with Crippen molar-refractivity contribution >= 4 is 23.0 Å². The number of nitriles is 1. The summed E-state index contributed by atoms with van der Waals surface area (Å²) in [6.45, 7) is 0. The summed E-state index contributed by atoms with van der Waals surface area (Å²) in [5.74, 6) is 0.728. The van der Waals surface area contributed by atoms with Gasteiger partial charge in [-0.2, -0.15) is 5.26 Å². The van der Waals surface area contributed by atoms with Crippen molar-refractivity contribution in [1.29, 1.82) is 5.26 Å². The number of rotatable bonds is 4. The number of methoxy groups -OCH3 is 1. The van der Waals surface area contributed by atoms with Crippen molar-refractivity contribution in [2.75, 3.05) is 7.11 Å². The maximum absolute atomic E-state index is 9.48. The number of benzene rings is 1. The largest absolute Gasteiger partial charge is 0.496 e. The van der Waals surface area contributed by atoms with E-state index in [0.29, 0.717) is 10.6 Å². The van der Waals surface area contributed by atoms with Crippen molar-refractivity contribution < 1.29 is 4.74 Å². The minimum atomic E-state index is 0.514. The Bertz CT molecular complexity index is 879. The first-order chi connectivity index (χ1) is 11.3. The highest BCUT2D eigenvalue weighted by Crippen LogP contribution is 2.28. The van der Waals surface area contributed by atoms with E-state index >= 15 is 0 Å². The quantitative estimate of drug-likeness (QED) is 0.674. The van der Waals surface area contributed by atoms with E-state index < -0.39 is 0 Å². The predicted molar refractivity (Wildman–Crippen MR) is 91.8 cm³/mol. The van der Waals surface area contributed by atoms with Gasteiger partial charge in [-0.25, -0.2) is 4.98 Å². The van der Waals surface area contributed by atoms with Gasteiger partial charge in [-0.15, -0.1) is 11.3 Å². The molecule has 0 N–H and O–H groups in total. The van der Waals surface area contributed by atoms with E-state index in [-0.39, 0.29) is 0 Å². The van der Waals surface area contributed by atoms with E-state index in [1.807, 2.05) is 41.8 Å². The zero-order valence-electron chi connectivity index (χ0n) is 12.4. The van der Waals surface area contributed by atoms with Crippen molar-refractivity contribution in [1.82, 2.24) is 9.97 Å². The molecule has 0 aliphatic rings. The smallest absolute Gasteiger partial charge is 0.134 e. The fraction of sp³-hybridized carbons (Fsp3) is 0.0556. The second kappa shape index (κ2) is 6.86. The third-order valence-electron chi connectivity index (χ3n) is 3.27. The fourth-order valence-electron chi connectivity index (χ4n) is 2.14. The summed E-state index contributed by atoms with van der Waals surface area (Å²) in [6, 6.07) is 13.6. The maximum Gasteiger partial charge on any atom is 0.134 e. The monoisotopic (exact) mass is 319 g/mol. The number of nitrogens with zero attached hydrogens (tertiary/aromatic N) is 3. The van der Waals surface area contributed by atoms with Crippen LogP contribution < -0.4 is 4.74 Å². The topological polar surface area (TPSA) is 58.8 Å². The normalized spacial score (nSPS) is 11.0. The summed E-state index contributed by atoms with van der Waals surface area (Å²) in [5.41, 5.74) is 3.19. The zero-order chi connectivity index (χ0) is 16.1. The van der Waals surface area contributed by atoms with Crippen LogP contribution in [0, 0.1) is 11.3 Å². The summed E-state index contributed by atoms with van der Waals surface area (Å²) in [4.78, 5) is 8.56. The van der Waals surface area contributed by atoms with Crippen molar-refractivity contribution in [3.63, 3.8) is 0 Å². The number of pyridine rings is 1. The maximum atomic E-state index is 9.48. The summed E-state index contributed by atoms with van der Waals surface area (Å²) >= 11 is 1.45. The molecule has 0 saturated heterocycles. The van der Waals surface area contributed by atoms with E-state index in [2.05, 4.69) is 16.0 Å². The number of ether oxygens (including phenoxy) is 1. The first kappa shape index (κ1) is 14.9. The number of hydrogen-bond acceptors (Lipinski definition) is 5. The molecule has 23 heavy (non-hydrogen) atoms. The van der Waals surface area contributed by atoms with Gasteiger partial charge in [0.1, 0.15) is 16.8 Å². The minimum Gasteiger partial charge on any atom is -0.496 e. The van der Waals surface area contributed by atoms with Gasteiger partial charge in [0.05, 0.1) is 18.4 Å². The Kier molecular flexibility index (Phi) is 4.46. The second-order valence-electron chi connectivity index (χ2n) is 4.69. The first-order valence-electron chi connectivity index (χ1n) is 6.93. The van der Waals surface area contributed by atoms with Gasteiger partial charge in [-0.3, -0.25) is 4.98 Å². The van der Waals surface area contributed by atoms with Crippen LogP contribution in [0.25, 0.3) is 22.9 Å². The summed E-state index contributed by atoms with van der Waals surface area (Å²) < 4.78 is 5.32. The van der Waals surface area contributed by atoms with Crippen LogP contribution in [0.4, 0.5) is 0 Å². The van der Waals surface area contributed by atoms with Crippen LogP contribution in [0.15, 0.2) is 54.2 Å². The molecule has 1 aromatic carbocycles. The van der Waals surface area contributed by atoms with Crippen LogP contribution >= 0.6 is 11.3 Å². The van der Waals surface area contributed by atoms with Gasteiger partial charge >= 0.3 is 0 Å². The molecular weight excluding hydrogens is 306 g/mol. The highest BCUT2D eigenvalue weighted by atomic mass is 32.1. The van der Waals surface area contributed by atoms with Gasteiger partial charge in [0.2, 0.25) is 0 Å². The SMILES string of the molecule is COc1ccccc1/C=C(/C#N)c1nc(-c2ccncc2)cs1. The highest BCUT2D eigenvalue weighted by molar-refractivity contribution is 7.11. The van der Waals surface area contributed by atoms with Gasteiger partial charge < -0.3 is 4.74 Å². The molecule has 3 rings (SSSR count). The molecule has 0 amide bonds. The molecule has 5 heteroatoms. The Hall–Kier alpha value is -2.97. The highest BCUT2D eigenvalue weighted by Gasteiger charge is 2.10. The van der Waals surface area contributed by atoms with Crippen LogP contribution in [0.2, 0.25) is 0 Å². The molecule has 0 saturated carbocycles. The molecule has 0 spiro atoms. The van der Waals surface area contributed by atoms with E-state index in [1.54, 1.807) is 25.6 Å². The van der Waals surface area contributed by atoms with Gasteiger partial charge in [-0.1, -0.05) is 18.2 Å². The van der Waals surface area contributed by atoms with Crippen LogP contribution in [-0.4, -0.2) is 17.1 Å². The second-order valence-corrected chi connectivity index (χ2v) is 5.54. The number of para-hydroxylation sites is 1. The van der Waals surface area contributed by atoms with Crippen molar-refractivity contribution in [2.24, 2.45) is 0 Å². The van der Waals surface area contributed by atoms with Crippen LogP contribution in [-0.2, 0) is 0 Å². The van der Waals surface area contributed by atoms with E-state index in [9.17, 15) is 5.26 Å². The van der Waals surface area contributed by atoms with Crippen LogP contribution in [0.1, 0.15) is 10.6 Å². The summed E-state index contributed by atoms with van der Waals surface area (Å²) in [5, 5.41) is 12.1. The van der Waals surface area contributed by atoms with E-state index in [0.717, 1.165) is 22.6 Å². The molecule has 0 unspecified atom stereocenters. The molecule has 0 aliphatic carbocycles. The third-order valence-corrected chi connectivity index (χ3v) is 4.15. The average molecular weight is 319 g/mol. The van der Waals surface area contributed by atoms with Crippen LogP contribution in [0.5, 0.6) is 5.75 Å². The lowest BCUT2D eigenvalue weighted by Crippen LogP contribution is -1.87. The Morgan fingerprint density at radius 2 is 2.00 bits per heavy atom. The molecule has 0 bridgehead atoms. The van der Waals surface area contributed by atoms with Gasteiger partial charge in [-0.05, 0) is 24.3 Å². The first-order valence-corrected chi connectivity index (χ1v) is 7.81. The minimum absolute atomic E-state index is 0.514. The molecule has 112 valence electrons. The molecule has 0 fully saturated rings. The van der Waals surface area contributed by atoms with Gasteiger partial charge in [0, 0.05) is 28.9 Å². The lowest BCUT2D eigenvalue weighted by atomic mass is 10.1. The Labute approximate surface area is 138 Å². The lowest BCUT2D eigenvalue weighted by molar-refractivity contribution is 0.414. The molecule has 0 aliphatic heterocycles. The number of allylic oxidation sites excluding steroid dienone is 1. The van der Waals surface area contributed by atoms with E-state index in [1.165, 1.54) is 11.3 Å². The molecule has 3 aromatic rings. The Morgan fingerprint density at radius 1 is 1.22 bits per heavy atom. The van der Waals surface area contributed by atoms with Gasteiger partial charge in [0.15, 0.2) is 0 Å². The Balaban J connectivity index is 1.98. The van der Waals surface area contributed by atoms with Crippen LogP contribution in [0.3, 0.4) is 0 Å². The summed E-state index contributed by atoms with van der Waals surface area (Å²) in [6.07, 6.45) is 5.25. The van der Waals surface area contributed by atoms with Crippen molar-refractivity contribution in [3.05, 3.63) is 64.7 Å². The van der Waals surface area contributed by atoms with Gasteiger partial charge in [0.25, 0.3) is 0 Å². The predicted octanol–water partition coefficient (Wildman–Crippen LogP) is 4.28. The summed E-state index contributed by atoms with van der Waals surface area (Å²) in [7, 11) is 1.61. The molecule has 4 nitrogen and oxygen atoms in total. The molecule has 2 heterocycles. The molecular formula is C18H13N3OS. The fourth-order valence-corrected chi connectivity index (χ4v) is 2.93. The average Bonchev–Trinajstić information content (AvgIpc) is 3.10. The number of aromatic nitrogens is 2. The standard InChI is InChI=1S/C18H13N3OS/c1-22-17-5-3-2-4-14(17)10-15(11-19)18-21-16(12-23-18)13-6-8-20-9-7-13/h2-10,12H,1H3/b15-10-. The number of hydrogen-bond donors (Lipinski definition) is 0. The zero-order valence-corrected chi connectivity index (χ0v) is 13.2. The number of thiazole rings is 1. The molecule has 2 aromatic heterocycles. The van der Waals surface area contributed by atoms with Crippen molar-refractivity contribution in [3.8, 4) is 23.1 Å². The Morgan fingerprint density at radius 3 is 2.74 bits per heavy atom.